The molecule has 0 bridgehead atoms. The van der Waals surface area contributed by atoms with Gasteiger partial charge in [-0.25, -0.2) is 4.98 Å². The molecule has 1 aromatic carbocycles. The molecule has 3 aromatic rings. The van der Waals surface area contributed by atoms with Crippen LogP contribution >= 0.6 is 0 Å². The maximum absolute atomic E-state index is 10.5. The van der Waals surface area contributed by atoms with Gasteiger partial charge in [0.15, 0.2) is 5.76 Å². The molecule has 0 aliphatic rings. The first kappa shape index (κ1) is 12.8. The van der Waals surface area contributed by atoms with Crippen LogP contribution in [0.2, 0.25) is 0 Å². The number of nitro groups is 1. The molecule has 2 heterocycles. The molecule has 7 nitrogen and oxygen atoms in total. The standard InChI is InChI=1S/C14H10N4O3/c19-18(20)14-8-6-11(21-14)9-15-17-13-7-5-10-3-1-2-4-12(10)16-13/h1-9H,(H,16,17). The number of rotatable bonds is 4. The molecule has 0 saturated heterocycles. The van der Waals surface area contributed by atoms with Gasteiger partial charge in [0.05, 0.1) is 17.8 Å². The number of benzene rings is 1. The van der Waals surface area contributed by atoms with Gasteiger partial charge in [-0.15, -0.1) is 0 Å². The zero-order valence-electron chi connectivity index (χ0n) is 10.8. The molecule has 0 atom stereocenters. The summed E-state index contributed by atoms with van der Waals surface area (Å²) < 4.78 is 4.94. The molecule has 21 heavy (non-hydrogen) atoms. The van der Waals surface area contributed by atoms with Crippen molar-refractivity contribution in [2.45, 2.75) is 0 Å². The summed E-state index contributed by atoms with van der Waals surface area (Å²) in [5.74, 6) is 0.543. The van der Waals surface area contributed by atoms with Crippen LogP contribution in [0.15, 0.2) is 58.0 Å². The Balaban J connectivity index is 1.73. The van der Waals surface area contributed by atoms with Crippen molar-refractivity contribution in [3.63, 3.8) is 0 Å². The SMILES string of the molecule is O=[N+]([O-])c1ccc(C=NNc2ccc3ccccc3n2)o1. The Bertz CT molecular complexity index is 826. The maximum atomic E-state index is 10.5. The van der Waals surface area contributed by atoms with E-state index in [2.05, 4.69) is 15.5 Å². The number of nitrogens with one attached hydrogen (secondary N) is 1. The number of aromatic nitrogens is 1. The zero-order valence-corrected chi connectivity index (χ0v) is 10.8. The second-order valence-electron chi connectivity index (χ2n) is 4.19. The van der Waals surface area contributed by atoms with E-state index >= 15 is 0 Å². The number of fused-ring (bicyclic) bond motifs is 1. The fraction of sp³-hybridized carbons (Fsp3) is 0. The van der Waals surface area contributed by atoms with Gasteiger partial charge in [0.1, 0.15) is 10.7 Å². The van der Waals surface area contributed by atoms with Crippen molar-refractivity contribution in [2.24, 2.45) is 5.10 Å². The maximum Gasteiger partial charge on any atom is 0.433 e. The van der Waals surface area contributed by atoms with Crippen molar-refractivity contribution in [2.75, 3.05) is 5.43 Å². The third-order valence-electron chi connectivity index (χ3n) is 2.76. The summed E-state index contributed by atoms with van der Waals surface area (Å²) in [4.78, 5) is 14.3. The number of pyridine rings is 1. The van der Waals surface area contributed by atoms with Crippen LogP contribution in [0.5, 0.6) is 0 Å². The molecule has 7 heteroatoms. The van der Waals surface area contributed by atoms with Crippen LogP contribution in [0.25, 0.3) is 10.9 Å². The Morgan fingerprint density at radius 3 is 2.86 bits per heavy atom. The number of para-hydroxylation sites is 1. The molecule has 2 aromatic heterocycles. The van der Waals surface area contributed by atoms with Gasteiger partial charge in [0.2, 0.25) is 0 Å². The number of hydrogen-bond acceptors (Lipinski definition) is 6. The second kappa shape index (κ2) is 5.41. The second-order valence-corrected chi connectivity index (χ2v) is 4.19. The van der Waals surface area contributed by atoms with Crippen molar-refractivity contribution < 1.29 is 9.34 Å². The normalized spacial score (nSPS) is 11.0. The van der Waals surface area contributed by atoms with E-state index in [1.54, 1.807) is 6.07 Å². The number of hydrogen-bond donors (Lipinski definition) is 1. The van der Waals surface area contributed by atoms with Crippen LogP contribution in [-0.2, 0) is 0 Å². The minimum atomic E-state index is -0.602. The lowest BCUT2D eigenvalue weighted by Crippen LogP contribution is -1.93. The predicted molar refractivity (Wildman–Crippen MR) is 78.3 cm³/mol. The smallest absolute Gasteiger partial charge is 0.400 e. The van der Waals surface area contributed by atoms with Gasteiger partial charge in [-0.1, -0.05) is 18.2 Å². The largest absolute Gasteiger partial charge is 0.433 e. The van der Waals surface area contributed by atoms with E-state index in [1.807, 2.05) is 30.3 Å². The molecule has 3 rings (SSSR count). The lowest BCUT2D eigenvalue weighted by Gasteiger charge is -2.01. The summed E-state index contributed by atoms with van der Waals surface area (Å²) >= 11 is 0. The van der Waals surface area contributed by atoms with Crippen LogP contribution in [-0.4, -0.2) is 16.1 Å². The molecule has 0 fully saturated rings. The van der Waals surface area contributed by atoms with Crippen molar-refractivity contribution in [1.82, 2.24) is 4.98 Å². The highest BCUT2D eigenvalue weighted by Gasteiger charge is 2.10. The Labute approximate surface area is 119 Å². The van der Waals surface area contributed by atoms with Gasteiger partial charge in [-0.05, 0) is 24.3 Å². The van der Waals surface area contributed by atoms with E-state index in [0.717, 1.165) is 10.9 Å². The van der Waals surface area contributed by atoms with E-state index in [0.29, 0.717) is 5.82 Å². The average Bonchev–Trinajstić information content (AvgIpc) is 2.96. The highest BCUT2D eigenvalue weighted by molar-refractivity contribution is 5.80. The molecule has 0 spiro atoms. The minimum Gasteiger partial charge on any atom is -0.400 e. The molecule has 0 radical (unpaired) electrons. The van der Waals surface area contributed by atoms with E-state index < -0.39 is 4.92 Å². The minimum absolute atomic E-state index is 0.287. The molecule has 0 aliphatic carbocycles. The van der Waals surface area contributed by atoms with Crippen LogP contribution in [0, 0.1) is 10.1 Å². The van der Waals surface area contributed by atoms with E-state index in [9.17, 15) is 10.1 Å². The van der Waals surface area contributed by atoms with Gasteiger partial charge in [-0.2, -0.15) is 5.10 Å². The lowest BCUT2D eigenvalue weighted by atomic mass is 10.2. The molecule has 104 valence electrons. The fourth-order valence-electron chi connectivity index (χ4n) is 1.80. The van der Waals surface area contributed by atoms with Crippen molar-refractivity contribution in [3.8, 4) is 0 Å². The molecule has 1 N–H and O–H groups in total. The molecule has 0 saturated carbocycles. The van der Waals surface area contributed by atoms with Crippen LogP contribution in [0.1, 0.15) is 5.76 Å². The van der Waals surface area contributed by atoms with Crippen molar-refractivity contribution >= 4 is 28.8 Å². The Morgan fingerprint density at radius 1 is 1.19 bits per heavy atom. The summed E-state index contributed by atoms with van der Waals surface area (Å²) in [7, 11) is 0. The first-order valence-corrected chi connectivity index (χ1v) is 6.11. The van der Waals surface area contributed by atoms with Gasteiger partial charge in [0.25, 0.3) is 0 Å². The Morgan fingerprint density at radius 2 is 2.05 bits per heavy atom. The Kier molecular flexibility index (Phi) is 3.30. The van der Waals surface area contributed by atoms with E-state index in [-0.39, 0.29) is 11.6 Å². The zero-order chi connectivity index (χ0) is 14.7. The highest BCUT2D eigenvalue weighted by Crippen LogP contribution is 2.15. The van der Waals surface area contributed by atoms with Gasteiger partial charge >= 0.3 is 5.88 Å². The first-order valence-electron chi connectivity index (χ1n) is 6.11. The summed E-state index contributed by atoms with van der Waals surface area (Å²) in [6, 6.07) is 14.2. The highest BCUT2D eigenvalue weighted by atomic mass is 16.6. The summed E-state index contributed by atoms with van der Waals surface area (Å²) in [6.45, 7) is 0. The van der Waals surface area contributed by atoms with Crippen LogP contribution < -0.4 is 5.43 Å². The molecular formula is C14H10N4O3. The van der Waals surface area contributed by atoms with Crippen molar-refractivity contribution in [1.29, 1.82) is 0 Å². The third kappa shape index (κ3) is 2.86. The van der Waals surface area contributed by atoms with Gasteiger partial charge in [0, 0.05) is 5.39 Å². The van der Waals surface area contributed by atoms with Gasteiger partial charge in [-0.3, -0.25) is 15.5 Å². The van der Waals surface area contributed by atoms with E-state index in [1.165, 1.54) is 18.3 Å². The van der Waals surface area contributed by atoms with Crippen molar-refractivity contribution in [3.05, 3.63) is 64.4 Å². The number of hydrazone groups is 1. The monoisotopic (exact) mass is 282 g/mol. The lowest BCUT2D eigenvalue weighted by molar-refractivity contribution is -0.402. The summed E-state index contributed by atoms with van der Waals surface area (Å²) in [5.41, 5.74) is 3.61. The number of anilines is 1. The topological polar surface area (TPSA) is 93.6 Å². The quantitative estimate of drug-likeness (QED) is 0.450. The molecular weight excluding hydrogens is 272 g/mol. The summed E-state index contributed by atoms with van der Waals surface area (Å²) in [6.07, 6.45) is 1.35. The van der Waals surface area contributed by atoms with Crippen LogP contribution in [0.3, 0.4) is 0 Å². The van der Waals surface area contributed by atoms with E-state index in [4.69, 9.17) is 4.42 Å². The fourth-order valence-corrected chi connectivity index (χ4v) is 1.80. The first-order chi connectivity index (χ1) is 10.2. The average molecular weight is 282 g/mol. The molecule has 0 amide bonds. The molecule has 0 aliphatic heterocycles. The number of nitrogens with zero attached hydrogens (tertiary/aromatic N) is 3. The summed E-state index contributed by atoms with van der Waals surface area (Å²) in [5, 5.41) is 15.4. The predicted octanol–water partition coefficient (Wildman–Crippen LogP) is 3.18. The Hall–Kier alpha value is -3.22. The van der Waals surface area contributed by atoms with Crippen LogP contribution in [0.4, 0.5) is 11.7 Å². The third-order valence-corrected chi connectivity index (χ3v) is 2.76. The van der Waals surface area contributed by atoms with Gasteiger partial charge < -0.3 is 4.42 Å². The molecule has 0 unspecified atom stereocenters. The number of furan rings is 1.